The quantitative estimate of drug-likeness (QED) is 0.262. The minimum absolute atomic E-state index is 0.0207. The molecule has 0 radical (unpaired) electrons. The molecule has 0 atom stereocenters. The Hall–Kier alpha value is -3.74. The molecule has 0 aliphatic carbocycles. The number of aromatic nitrogens is 2. The Bertz CT molecular complexity index is 1520. The average molecular weight is 576 g/mol. The summed E-state index contributed by atoms with van der Waals surface area (Å²) < 4.78 is 50.3. The number of benzene rings is 3. The molecule has 0 fully saturated rings. The molecule has 13 heteroatoms. The molecule has 1 aromatic heterocycles. The summed E-state index contributed by atoms with van der Waals surface area (Å²) in [5, 5.41) is 7.67. The molecule has 0 bridgehead atoms. The summed E-state index contributed by atoms with van der Waals surface area (Å²) in [4.78, 5) is 13.3. The average Bonchev–Trinajstić information content (AvgIpc) is 3.46. The van der Waals surface area contributed by atoms with Gasteiger partial charge in [-0.25, -0.2) is 13.1 Å². The van der Waals surface area contributed by atoms with Crippen molar-refractivity contribution in [2.75, 3.05) is 21.3 Å². The van der Waals surface area contributed by atoms with E-state index in [0.717, 1.165) is 12.0 Å². The van der Waals surface area contributed by atoms with Crippen molar-refractivity contribution in [3.8, 4) is 28.7 Å². The number of ether oxygens (including phenoxy) is 3. The summed E-state index contributed by atoms with van der Waals surface area (Å²) in [7, 11) is -0.217. The first-order valence-corrected chi connectivity index (χ1v) is 13.8. The molecule has 4 aromatic rings. The van der Waals surface area contributed by atoms with Gasteiger partial charge >= 0.3 is 0 Å². The maximum atomic E-state index is 13.6. The van der Waals surface area contributed by atoms with Gasteiger partial charge < -0.3 is 18.6 Å². The van der Waals surface area contributed by atoms with E-state index in [9.17, 15) is 13.2 Å². The fourth-order valence-electron chi connectivity index (χ4n) is 3.50. The van der Waals surface area contributed by atoms with Crippen molar-refractivity contribution in [2.45, 2.75) is 15.5 Å². The molecule has 0 aliphatic rings. The Morgan fingerprint density at radius 1 is 1.03 bits per heavy atom. The Morgan fingerprint density at radius 3 is 2.29 bits per heavy atom. The third kappa shape index (κ3) is 5.87. The number of methoxy groups -OCH3 is 3. The van der Waals surface area contributed by atoms with E-state index < -0.39 is 15.9 Å². The third-order valence-corrected chi connectivity index (χ3v) is 8.24. The Kier molecular flexibility index (Phi) is 8.45. The molecular formula is C25H22ClN3O7S2. The lowest BCUT2D eigenvalue weighted by Gasteiger charge is -2.16. The number of hydrogen-bond acceptors (Lipinski definition) is 10. The summed E-state index contributed by atoms with van der Waals surface area (Å²) in [6, 6.07) is 15.0. The van der Waals surface area contributed by atoms with Crippen LogP contribution in [0.4, 0.5) is 0 Å². The maximum Gasteiger partial charge on any atom is 0.265 e. The van der Waals surface area contributed by atoms with Crippen molar-refractivity contribution in [2.24, 2.45) is 0 Å². The molecule has 1 amide bonds. The zero-order chi connectivity index (χ0) is 27.3. The van der Waals surface area contributed by atoms with E-state index in [0.29, 0.717) is 10.6 Å². The van der Waals surface area contributed by atoms with Gasteiger partial charge in [-0.1, -0.05) is 41.9 Å². The van der Waals surface area contributed by atoms with Crippen molar-refractivity contribution in [3.05, 3.63) is 77.1 Å². The minimum atomic E-state index is -4.41. The molecule has 0 spiro atoms. The van der Waals surface area contributed by atoms with Crippen LogP contribution in [0.15, 0.2) is 75.2 Å². The highest BCUT2D eigenvalue weighted by molar-refractivity contribution is 7.99. The fraction of sp³-hybridized carbons (Fsp3) is 0.160. The highest BCUT2D eigenvalue weighted by Crippen LogP contribution is 2.39. The molecule has 0 saturated heterocycles. The van der Waals surface area contributed by atoms with Crippen molar-refractivity contribution in [3.63, 3.8) is 0 Å². The van der Waals surface area contributed by atoms with Crippen LogP contribution in [-0.2, 0) is 15.8 Å². The lowest BCUT2D eigenvalue weighted by Crippen LogP contribution is -2.31. The maximum absolute atomic E-state index is 13.6. The van der Waals surface area contributed by atoms with Gasteiger partial charge in [0, 0.05) is 16.2 Å². The van der Waals surface area contributed by atoms with Crippen LogP contribution in [0.3, 0.4) is 0 Å². The van der Waals surface area contributed by atoms with Crippen LogP contribution in [0.1, 0.15) is 15.9 Å². The monoisotopic (exact) mass is 575 g/mol. The number of carbonyl (C=O) groups excluding carboxylic acids is 1. The van der Waals surface area contributed by atoms with Crippen molar-refractivity contribution in [1.29, 1.82) is 0 Å². The van der Waals surface area contributed by atoms with Crippen molar-refractivity contribution in [1.82, 2.24) is 14.9 Å². The second-order valence-corrected chi connectivity index (χ2v) is 10.7. The summed E-state index contributed by atoms with van der Waals surface area (Å²) >= 11 is 7.71. The second-order valence-electron chi connectivity index (χ2n) is 7.65. The van der Waals surface area contributed by atoms with E-state index in [4.69, 9.17) is 30.2 Å². The number of hydrogen-bond donors (Lipinski definition) is 1. The lowest BCUT2D eigenvalue weighted by molar-refractivity contribution is 0.0980. The standard InChI is InChI=1S/C25H22ClN3O7S2/c1-33-19-9-16(10-20(34-2)23(19)35-3)24(30)29-38(31,32)22-11-17(25-28-27-14-36-25)18(26)12-21(22)37-13-15-7-5-4-6-8-15/h4-12,14H,13H2,1-3H3,(H,29,30). The van der Waals surface area contributed by atoms with Gasteiger partial charge in [0.2, 0.25) is 18.0 Å². The van der Waals surface area contributed by atoms with Gasteiger partial charge in [0.25, 0.3) is 15.9 Å². The zero-order valence-electron chi connectivity index (χ0n) is 20.4. The van der Waals surface area contributed by atoms with Gasteiger partial charge in [-0.2, -0.15) is 0 Å². The van der Waals surface area contributed by atoms with E-state index in [1.807, 2.05) is 30.3 Å². The van der Waals surface area contributed by atoms with Gasteiger partial charge in [-0.05, 0) is 29.8 Å². The highest BCUT2D eigenvalue weighted by atomic mass is 35.5. The summed E-state index contributed by atoms with van der Waals surface area (Å²) in [6.45, 7) is 0. The largest absolute Gasteiger partial charge is 0.493 e. The molecular weight excluding hydrogens is 554 g/mol. The Labute approximate surface area is 228 Å². The van der Waals surface area contributed by atoms with Gasteiger partial charge in [0.15, 0.2) is 11.5 Å². The highest BCUT2D eigenvalue weighted by Gasteiger charge is 2.27. The molecule has 4 rings (SSSR count). The molecule has 38 heavy (non-hydrogen) atoms. The Morgan fingerprint density at radius 2 is 1.71 bits per heavy atom. The second kappa shape index (κ2) is 11.8. The number of carbonyl (C=O) groups is 1. The van der Waals surface area contributed by atoms with Gasteiger partial charge in [0.05, 0.1) is 31.9 Å². The third-order valence-electron chi connectivity index (χ3n) is 5.30. The number of rotatable bonds is 10. The zero-order valence-corrected chi connectivity index (χ0v) is 22.8. The Balaban J connectivity index is 1.73. The molecule has 198 valence electrons. The summed E-state index contributed by atoms with van der Waals surface area (Å²) in [5.74, 6) is 0.230. The van der Waals surface area contributed by atoms with E-state index in [-0.39, 0.29) is 44.2 Å². The van der Waals surface area contributed by atoms with Gasteiger partial charge in [-0.3, -0.25) is 4.79 Å². The lowest BCUT2D eigenvalue weighted by atomic mass is 10.1. The molecule has 0 saturated carbocycles. The first-order valence-electron chi connectivity index (χ1n) is 10.9. The molecule has 0 unspecified atom stereocenters. The molecule has 0 aliphatic heterocycles. The van der Waals surface area contributed by atoms with E-state index in [1.54, 1.807) is 0 Å². The smallest absolute Gasteiger partial charge is 0.265 e. The van der Waals surface area contributed by atoms with Crippen molar-refractivity contribution < 1.29 is 31.8 Å². The van der Waals surface area contributed by atoms with Crippen molar-refractivity contribution >= 4 is 39.3 Å². The summed E-state index contributed by atoms with van der Waals surface area (Å²) in [6.07, 6.45) is 1.10. The predicted molar refractivity (Wildman–Crippen MR) is 141 cm³/mol. The predicted octanol–water partition coefficient (Wildman–Crippen LogP) is 4.83. The normalized spacial score (nSPS) is 11.2. The first kappa shape index (κ1) is 27.3. The van der Waals surface area contributed by atoms with E-state index in [1.165, 1.54) is 57.4 Å². The number of nitrogens with one attached hydrogen (secondary N) is 1. The SMILES string of the molecule is COc1cc(C(=O)NS(=O)(=O)c2cc(-c3nnco3)c(Cl)cc2SCc2ccccc2)cc(OC)c1OC. The summed E-state index contributed by atoms with van der Waals surface area (Å²) in [5.41, 5.74) is 1.15. The molecule has 10 nitrogen and oxygen atoms in total. The van der Waals surface area contributed by atoms with Crippen LogP contribution in [0.2, 0.25) is 5.02 Å². The molecule has 3 aromatic carbocycles. The van der Waals surface area contributed by atoms with Crippen LogP contribution in [0, 0.1) is 0 Å². The van der Waals surface area contributed by atoms with Crippen LogP contribution in [0.25, 0.3) is 11.5 Å². The number of amides is 1. The van der Waals surface area contributed by atoms with Gasteiger partial charge in [-0.15, -0.1) is 22.0 Å². The first-order chi connectivity index (χ1) is 18.3. The topological polar surface area (TPSA) is 130 Å². The number of thioether (sulfide) groups is 1. The van der Waals surface area contributed by atoms with E-state index >= 15 is 0 Å². The minimum Gasteiger partial charge on any atom is -0.493 e. The number of nitrogens with zero attached hydrogens (tertiary/aromatic N) is 2. The molecule has 1 heterocycles. The molecule has 1 N–H and O–H groups in total. The van der Waals surface area contributed by atoms with Gasteiger partial charge in [0.1, 0.15) is 4.90 Å². The fourth-order valence-corrected chi connectivity index (χ4v) is 6.30. The number of halogens is 1. The van der Waals surface area contributed by atoms with Crippen LogP contribution < -0.4 is 18.9 Å². The van der Waals surface area contributed by atoms with Crippen LogP contribution >= 0.6 is 23.4 Å². The van der Waals surface area contributed by atoms with E-state index in [2.05, 4.69) is 14.9 Å². The van der Waals surface area contributed by atoms with Crippen LogP contribution in [-0.4, -0.2) is 45.9 Å². The number of sulfonamides is 1. The van der Waals surface area contributed by atoms with Crippen LogP contribution in [0.5, 0.6) is 17.2 Å².